The Kier molecular flexibility index (Phi) is 5.58. The molecule has 0 bridgehead atoms. The van der Waals surface area contributed by atoms with Crippen molar-refractivity contribution in [2.75, 3.05) is 26.3 Å². The van der Waals surface area contributed by atoms with Crippen molar-refractivity contribution in [3.8, 4) is 0 Å². The third-order valence-electron chi connectivity index (χ3n) is 5.61. The smallest absolute Gasteiger partial charge is 0.0815 e. The van der Waals surface area contributed by atoms with E-state index in [1.807, 2.05) is 30.6 Å². The van der Waals surface area contributed by atoms with Crippen LogP contribution in [0.1, 0.15) is 30.5 Å². The highest BCUT2D eigenvalue weighted by molar-refractivity contribution is 5.07. The standard InChI is InChI=1S/C21H27N3O2/c1-2-9-23-19(5-1)14-24-10-6-21(7-11-24)12-20(26-17-21)16-25-15-18-4-3-8-22-13-18/h1-5,8-9,13,20H,6-7,10-12,14-17H2/t20-/m0/s1. The molecule has 2 aromatic heterocycles. The van der Waals surface area contributed by atoms with Gasteiger partial charge in [0.1, 0.15) is 0 Å². The van der Waals surface area contributed by atoms with Crippen LogP contribution in [-0.4, -0.2) is 47.3 Å². The van der Waals surface area contributed by atoms with Crippen LogP contribution in [-0.2, 0) is 22.6 Å². The van der Waals surface area contributed by atoms with Gasteiger partial charge in [-0.25, -0.2) is 0 Å². The quantitative estimate of drug-likeness (QED) is 0.799. The van der Waals surface area contributed by atoms with Crippen LogP contribution in [0.2, 0.25) is 0 Å². The van der Waals surface area contributed by atoms with E-state index >= 15 is 0 Å². The van der Waals surface area contributed by atoms with Crippen LogP contribution in [0.5, 0.6) is 0 Å². The van der Waals surface area contributed by atoms with E-state index in [0.717, 1.165) is 43.9 Å². The zero-order chi connectivity index (χ0) is 17.7. The summed E-state index contributed by atoms with van der Waals surface area (Å²) in [6, 6.07) is 10.1. The van der Waals surface area contributed by atoms with Crippen molar-refractivity contribution >= 4 is 0 Å². The lowest BCUT2D eigenvalue weighted by Gasteiger charge is -2.38. The summed E-state index contributed by atoms with van der Waals surface area (Å²) in [4.78, 5) is 11.1. The fourth-order valence-electron chi connectivity index (χ4n) is 4.05. The second-order valence-electron chi connectivity index (χ2n) is 7.61. The number of piperidine rings is 1. The first-order valence-electron chi connectivity index (χ1n) is 9.52. The van der Waals surface area contributed by atoms with E-state index in [9.17, 15) is 0 Å². The van der Waals surface area contributed by atoms with Gasteiger partial charge in [-0.05, 0) is 61.5 Å². The van der Waals surface area contributed by atoms with Gasteiger partial charge in [0.25, 0.3) is 0 Å². The Morgan fingerprint density at radius 3 is 2.85 bits per heavy atom. The SMILES string of the molecule is c1ccc(CN2CCC3(CC2)CO[C@H](COCc2cccnc2)C3)nc1. The number of likely N-dealkylation sites (tertiary alicyclic amines) is 1. The van der Waals surface area contributed by atoms with Crippen molar-refractivity contribution in [3.63, 3.8) is 0 Å². The normalized spacial score (nSPS) is 22.7. The summed E-state index contributed by atoms with van der Waals surface area (Å²) in [6.07, 6.45) is 9.29. The lowest BCUT2D eigenvalue weighted by molar-refractivity contribution is 0.00626. The molecule has 138 valence electrons. The Morgan fingerprint density at radius 2 is 2.08 bits per heavy atom. The van der Waals surface area contributed by atoms with Crippen LogP contribution in [0.3, 0.4) is 0 Å². The van der Waals surface area contributed by atoms with Crippen LogP contribution >= 0.6 is 0 Å². The predicted molar refractivity (Wildman–Crippen MR) is 99.4 cm³/mol. The van der Waals surface area contributed by atoms with E-state index in [-0.39, 0.29) is 6.10 Å². The van der Waals surface area contributed by atoms with E-state index in [0.29, 0.717) is 18.6 Å². The number of hydrogen-bond donors (Lipinski definition) is 0. The lowest BCUT2D eigenvalue weighted by Crippen LogP contribution is -2.40. The van der Waals surface area contributed by atoms with Crippen LogP contribution in [0.15, 0.2) is 48.9 Å². The summed E-state index contributed by atoms with van der Waals surface area (Å²) in [5.41, 5.74) is 2.62. The van der Waals surface area contributed by atoms with Gasteiger partial charge in [-0.15, -0.1) is 0 Å². The zero-order valence-electron chi connectivity index (χ0n) is 15.2. The second-order valence-corrected chi connectivity index (χ2v) is 7.61. The molecular weight excluding hydrogens is 326 g/mol. The van der Waals surface area contributed by atoms with Crippen molar-refractivity contribution in [2.24, 2.45) is 5.41 Å². The Labute approximate surface area is 155 Å². The molecule has 0 aromatic carbocycles. The third kappa shape index (κ3) is 4.47. The van der Waals surface area contributed by atoms with Gasteiger partial charge in [-0.3, -0.25) is 14.9 Å². The monoisotopic (exact) mass is 353 g/mol. The van der Waals surface area contributed by atoms with Crippen molar-refractivity contribution in [1.82, 2.24) is 14.9 Å². The molecule has 4 rings (SSSR count). The number of nitrogens with zero attached hydrogens (tertiary/aromatic N) is 3. The first-order chi connectivity index (χ1) is 12.8. The molecule has 2 aliphatic heterocycles. The molecule has 1 atom stereocenters. The van der Waals surface area contributed by atoms with Crippen molar-refractivity contribution in [3.05, 3.63) is 60.2 Å². The van der Waals surface area contributed by atoms with Gasteiger partial charge < -0.3 is 9.47 Å². The summed E-state index contributed by atoms with van der Waals surface area (Å²) in [5.74, 6) is 0. The maximum atomic E-state index is 6.07. The summed E-state index contributed by atoms with van der Waals surface area (Å²) in [7, 11) is 0. The fraction of sp³-hybridized carbons (Fsp3) is 0.524. The summed E-state index contributed by atoms with van der Waals surface area (Å²) in [6.45, 7) is 5.38. The van der Waals surface area contributed by atoms with Gasteiger partial charge in [0, 0.05) is 25.1 Å². The van der Waals surface area contributed by atoms with E-state index < -0.39 is 0 Å². The molecule has 2 saturated heterocycles. The average Bonchev–Trinajstić information content (AvgIpc) is 3.08. The number of hydrogen-bond acceptors (Lipinski definition) is 5. The lowest BCUT2D eigenvalue weighted by atomic mass is 9.76. The van der Waals surface area contributed by atoms with Gasteiger partial charge in [0.15, 0.2) is 0 Å². The summed E-state index contributed by atoms with van der Waals surface area (Å²) in [5, 5.41) is 0. The molecule has 0 saturated carbocycles. The van der Waals surface area contributed by atoms with Crippen LogP contribution < -0.4 is 0 Å². The Bertz CT molecular complexity index is 672. The Morgan fingerprint density at radius 1 is 1.15 bits per heavy atom. The summed E-state index contributed by atoms with van der Waals surface area (Å²) >= 11 is 0. The van der Waals surface area contributed by atoms with Crippen LogP contribution in [0.4, 0.5) is 0 Å². The molecule has 26 heavy (non-hydrogen) atoms. The number of aromatic nitrogens is 2. The minimum Gasteiger partial charge on any atom is -0.375 e. The highest BCUT2D eigenvalue weighted by Crippen LogP contribution is 2.42. The molecule has 0 aliphatic carbocycles. The minimum absolute atomic E-state index is 0.231. The van der Waals surface area contributed by atoms with E-state index in [2.05, 4.69) is 27.0 Å². The number of ether oxygens (including phenoxy) is 2. The highest BCUT2D eigenvalue weighted by atomic mass is 16.5. The van der Waals surface area contributed by atoms with E-state index in [4.69, 9.17) is 9.47 Å². The van der Waals surface area contributed by atoms with Gasteiger partial charge in [0.05, 0.1) is 31.6 Å². The molecule has 0 unspecified atom stereocenters. The van der Waals surface area contributed by atoms with Gasteiger partial charge in [-0.1, -0.05) is 12.1 Å². The van der Waals surface area contributed by atoms with Crippen LogP contribution in [0.25, 0.3) is 0 Å². The van der Waals surface area contributed by atoms with Gasteiger partial charge >= 0.3 is 0 Å². The first kappa shape index (κ1) is 17.6. The molecule has 0 radical (unpaired) electrons. The fourth-order valence-corrected chi connectivity index (χ4v) is 4.05. The maximum absolute atomic E-state index is 6.07. The first-order valence-corrected chi connectivity index (χ1v) is 9.52. The second kappa shape index (κ2) is 8.25. The molecule has 5 nitrogen and oxygen atoms in total. The minimum atomic E-state index is 0.231. The molecule has 4 heterocycles. The average molecular weight is 353 g/mol. The van der Waals surface area contributed by atoms with E-state index in [1.54, 1.807) is 6.20 Å². The van der Waals surface area contributed by atoms with Gasteiger partial charge in [-0.2, -0.15) is 0 Å². The van der Waals surface area contributed by atoms with Crippen molar-refractivity contribution in [1.29, 1.82) is 0 Å². The Hall–Kier alpha value is -1.82. The largest absolute Gasteiger partial charge is 0.375 e. The molecule has 2 fully saturated rings. The third-order valence-corrected chi connectivity index (χ3v) is 5.61. The molecule has 2 aliphatic rings. The summed E-state index contributed by atoms with van der Waals surface area (Å²) < 4.78 is 11.9. The highest BCUT2D eigenvalue weighted by Gasteiger charge is 2.42. The molecule has 5 heteroatoms. The molecule has 0 N–H and O–H groups in total. The van der Waals surface area contributed by atoms with Crippen LogP contribution in [0, 0.1) is 5.41 Å². The Balaban J connectivity index is 1.20. The zero-order valence-corrected chi connectivity index (χ0v) is 15.2. The molecule has 1 spiro atoms. The van der Waals surface area contributed by atoms with Crippen molar-refractivity contribution in [2.45, 2.75) is 38.5 Å². The molecule has 0 amide bonds. The predicted octanol–water partition coefficient (Wildman–Crippen LogP) is 3.06. The molecular formula is C21H27N3O2. The van der Waals surface area contributed by atoms with Crippen molar-refractivity contribution < 1.29 is 9.47 Å². The number of pyridine rings is 2. The maximum Gasteiger partial charge on any atom is 0.0815 e. The van der Waals surface area contributed by atoms with Gasteiger partial charge in [0.2, 0.25) is 0 Å². The van der Waals surface area contributed by atoms with E-state index in [1.165, 1.54) is 12.8 Å². The number of rotatable bonds is 6. The topological polar surface area (TPSA) is 47.5 Å². The molecule has 2 aromatic rings.